The van der Waals surface area contributed by atoms with Gasteiger partial charge in [-0.2, -0.15) is 13.2 Å². The molecule has 3 nitrogen and oxygen atoms in total. The number of alkyl halides is 3. The summed E-state index contributed by atoms with van der Waals surface area (Å²) >= 11 is 0. The van der Waals surface area contributed by atoms with E-state index in [9.17, 15) is 22.4 Å². The lowest BCUT2D eigenvalue weighted by Gasteiger charge is -2.10. The number of rotatable bonds is 8. The zero-order chi connectivity index (χ0) is 35.4. The highest BCUT2D eigenvalue weighted by Gasteiger charge is 2.31. The molecule has 0 aliphatic rings. The van der Waals surface area contributed by atoms with E-state index in [4.69, 9.17) is 0 Å². The van der Waals surface area contributed by atoms with Crippen LogP contribution >= 0.6 is 0 Å². The molecule has 0 saturated heterocycles. The van der Waals surface area contributed by atoms with E-state index in [1.807, 2.05) is 64.1 Å². The van der Waals surface area contributed by atoms with Gasteiger partial charge in [-0.15, -0.1) is 0 Å². The molecule has 46 heavy (non-hydrogen) atoms. The molecule has 0 aliphatic carbocycles. The minimum absolute atomic E-state index is 0.104. The third-order valence-corrected chi connectivity index (χ3v) is 7.13. The van der Waals surface area contributed by atoms with Gasteiger partial charge in [0.25, 0.3) is 0 Å². The van der Waals surface area contributed by atoms with Crippen molar-refractivity contribution in [2.75, 3.05) is 0 Å². The van der Waals surface area contributed by atoms with Gasteiger partial charge in [-0.25, -0.2) is 9.37 Å². The molecular weight excluding hydrogens is 588 g/mol. The molecule has 256 valence electrons. The zero-order valence-corrected chi connectivity index (χ0v) is 29.9. The molecule has 0 aliphatic heterocycles. The molecule has 0 radical (unpaired) electrons. The second-order valence-electron chi connectivity index (χ2n) is 10.8. The first-order valence-corrected chi connectivity index (χ1v) is 16.8. The Hall–Kier alpha value is -3.48. The molecule has 0 spiro atoms. The number of halogens is 4. The number of nitrogens with zero attached hydrogens (tertiary/aromatic N) is 2. The van der Waals surface area contributed by atoms with Crippen molar-refractivity contribution in [2.24, 2.45) is 5.92 Å². The second-order valence-corrected chi connectivity index (χ2v) is 10.8. The quantitative estimate of drug-likeness (QED) is 0.141. The van der Waals surface area contributed by atoms with Crippen molar-refractivity contribution in [3.05, 3.63) is 94.6 Å². The van der Waals surface area contributed by atoms with Gasteiger partial charge in [0.2, 0.25) is 0 Å². The first-order valence-electron chi connectivity index (χ1n) is 16.8. The number of carbonyl (C=O) groups is 1. The van der Waals surface area contributed by atoms with Gasteiger partial charge in [0, 0.05) is 18.2 Å². The van der Waals surface area contributed by atoms with Crippen molar-refractivity contribution in [1.29, 1.82) is 0 Å². The number of aromatic nitrogens is 2. The predicted octanol–water partition coefficient (Wildman–Crippen LogP) is 12.9. The summed E-state index contributed by atoms with van der Waals surface area (Å²) in [6.07, 6.45) is 3.51. The minimum Gasteiger partial charge on any atom is -0.296 e. The molecule has 0 N–H and O–H groups in total. The molecule has 1 unspecified atom stereocenters. The van der Waals surface area contributed by atoms with Gasteiger partial charge in [-0.05, 0) is 79.8 Å². The fraction of sp³-hybridized carbons (Fsp3) is 0.487. The third kappa shape index (κ3) is 13.5. The van der Waals surface area contributed by atoms with E-state index in [0.717, 1.165) is 40.9 Å². The summed E-state index contributed by atoms with van der Waals surface area (Å²) in [5, 5.41) is 0. The van der Waals surface area contributed by atoms with Gasteiger partial charge < -0.3 is 0 Å². The molecular formula is C39H56F4N2O. The summed E-state index contributed by atoms with van der Waals surface area (Å²) in [6.45, 7) is 21.7. The Morgan fingerprint density at radius 2 is 1.48 bits per heavy atom. The standard InChI is InChI=1S/C16H13FN2O.C10H11F3.C9H20.2C2H6/c1-10-4-3-5-14-18-15(11(2)20)16(19(10)14)12-6-8-13(17)9-7-12;1-3-8-4-5-9(7(2)6-8)10(11,12)13;1-4-6-8-9(3)7-5-2;2*1-2/h3-9H,1-2H3;4-6H,3H2,1-2H3;9H,4-8H2,1-3H3;2*1-2H3. The number of pyridine rings is 1. The average Bonchev–Trinajstić information content (AvgIpc) is 3.44. The van der Waals surface area contributed by atoms with Gasteiger partial charge in [0.05, 0.1) is 11.3 Å². The van der Waals surface area contributed by atoms with Crippen LogP contribution in [0.2, 0.25) is 0 Å². The van der Waals surface area contributed by atoms with E-state index in [0.29, 0.717) is 17.0 Å². The number of hydrogen-bond donors (Lipinski definition) is 0. The van der Waals surface area contributed by atoms with Crippen molar-refractivity contribution < 1.29 is 22.4 Å². The van der Waals surface area contributed by atoms with Crippen LogP contribution in [0.4, 0.5) is 17.6 Å². The Bertz CT molecular complexity index is 1420. The lowest BCUT2D eigenvalue weighted by atomic mass is 10.00. The van der Waals surface area contributed by atoms with E-state index in [1.54, 1.807) is 18.2 Å². The van der Waals surface area contributed by atoms with E-state index >= 15 is 0 Å². The van der Waals surface area contributed by atoms with E-state index < -0.39 is 11.7 Å². The largest absolute Gasteiger partial charge is 0.416 e. The first kappa shape index (κ1) is 42.5. The molecule has 2 heterocycles. The number of imidazole rings is 1. The maximum Gasteiger partial charge on any atom is 0.416 e. The number of hydrogen-bond acceptors (Lipinski definition) is 2. The normalized spacial score (nSPS) is 11.0. The fourth-order valence-electron chi connectivity index (χ4n) is 4.83. The van der Waals surface area contributed by atoms with Crippen molar-refractivity contribution in [3.8, 4) is 11.3 Å². The fourth-order valence-corrected chi connectivity index (χ4v) is 4.83. The van der Waals surface area contributed by atoms with Crippen LogP contribution in [0.15, 0.2) is 60.7 Å². The van der Waals surface area contributed by atoms with Crippen molar-refractivity contribution >= 4 is 11.4 Å². The highest BCUT2D eigenvalue weighted by molar-refractivity contribution is 5.99. The highest BCUT2D eigenvalue weighted by Crippen LogP contribution is 2.32. The summed E-state index contributed by atoms with van der Waals surface area (Å²) < 4.78 is 51.9. The van der Waals surface area contributed by atoms with Gasteiger partial charge in [-0.1, -0.05) is 106 Å². The van der Waals surface area contributed by atoms with Crippen LogP contribution < -0.4 is 0 Å². The number of aryl methyl sites for hydroxylation is 3. The van der Waals surface area contributed by atoms with Crippen LogP contribution in [0.5, 0.6) is 0 Å². The molecule has 4 rings (SSSR count). The molecule has 2 aromatic heterocycles. The van der Waals surface area contributed by atoms with Gasteiger partial charge in [0.1, 0.15) is 17.2 Å². The Kier molecular flexibility index (Phi) is 20.4. The Morgan fingerprint density at radius 3 is 1.96 bits per heavy atom. The molecule has 0 bridgehead atoms. The number of unbranched alkanes of at least 4 members (excludes halogenated alkanes) is 1. The Balaban J connectivity index is 0.000000676. The van der Waals surface area contributed by atoms with E-state index in [1.165, 1.54) is 64.2 Å². The zero-order valence-electron chi connectivity index (χ0n) is 29.9. The van der Waals surface area contributed by atoms with Gasteiger partial charge in [0.15, 0.2) is 5.78 Å². The van der Waals surface area contributed by atoms with Gasteiger partial charge in [-0.3, -0.25) is 9.20 Å². The smallest absolute Gasteiger partial charge is 0.296 e. The van der Waals surface area contributed by atoms with Crippen molar-refractivity contribution in [3.63, 3.8) is 0 Å². The molecule has 7 heteroatoms. The summed E-state index contributed by atoms with van der Waals surface area (Å²) in [7, 11) is 0. The van der Waals surface area contributed by atoms with Crippen LogP contribution in [0.25, 0.3) is 16.9 Å². The maximum absolute atomic E-state index is 13.1. The third-order valence-electron chi connectivity index (χ3n) is 7.13. The number of carbonyl (C=O) groups excluding carboxylic acids is 1. The highest BCUT2D eigenvalue weighted by atomic mass is 19.4. The summed E-state index contributed by atoms with van der Waals surface area (Å²) in [5.41, 5.74) is 4.29. The molecule has 4 aromatic rings. The second kappa shape index (κ2) is 22.1. The molecule has 2 aromatic carbocycles. The lowest BCUT2D eigenvalue weighted by molar-refractivity contribution is -0.138. The van der Waals surface area contributed by atoms with Crippen LogP contribution in [-0.2, 0) is 12.6 Å². The van der Waals surface area contributed by atoms with E-state index in [-0.39, 0.29) is 11.6 Å². The van der Waals surface area contributed by atoms with Gasteiger partial charge >= 0.3 is 6.18 Å². The predicted molar refractivity (Wildman–Crippen MR) is 187 cm³/mol. The summed E-state index contributed by atoms with van der Waals surface area (Å²) in [4.78, 5) is 16.2. The van der Waals surface area contributed by atoms with Crippen LogP contribution in [0.3, 0.4) is 0 Å². The maximum atomic E-state index is 13.1. The lowest BCUT2D eigenvalue weighted by Crippen LogP contribution is -2.07. The summed E-state index contributed by atoms with van der Waals surface area (Å²) in [6, 6.07) is 16.1. The Labute approximate surface area is 275 Å². The van der Waals surface area contributed by atoms with Crippen LogP contribution in [0.1, 0.15) is 127 Å². The van der Waals surface area contributed by atoms with E-state index in [2.05, 4.69) is 25.8 Å². The average molecular weight is 645 g/mol. The molecule has 0 saturated carbocycles. The number of benzene rings is 2. The Morgan fingerprint density at radius 1 is 0.870 bits per heavy atom. The number of fused-ring (bicyclic) bond motifs is 1. The topological polar surface area (TPSA) is 34.4 Å². The monoisotopic (exact) mass is 644 g/mol. The number of Topliss-reactive ketones (excluding diaryl/α,β-unsaturated/α-hetero) is 1. The molecule has 0 amide bonds. The minimum atomic E-state index is -4.23. The van der Waals surface area contributed by atoms with Crippen LogP contribution in [0, 0.1) is 25.6 Å². The SMILES string of the molecule is CC.CC.CC(=O)c1nc2cccc(C)n2c1-c1ccc(F)cc1.CCCCC(C)CCC.CCc1ccc(C(F)(F)F)c(C)c1. The molecule has 1 atom stereocenters. The number of ketones is 1. The van der Waals surface area contributed by atoms with Crippen LogP contribution in [-0.4, -0.2) is 15.2 Å². The van der Waals surface area contributed by atoms with Crippen molar-refractivity contribution in [1.82, 2.24) is 9.38 Å². The van der Waals surface area contributed by atoms with Crippen molar-refractivity contribution in [2.45, 2.75) is 121 Å². The first-order chi connectivity index (χ1) is 21.8. The summed E-state index contributed by atoms with van der Waals surface area (Å²) in [5.74, 6) is 0.561. The molecule has 0 fully saturated rings.